The molecule has 0 saturated carbocycles. The molecule has 1 aromatic carbocycles. The number of hydrogen-bond acceptors (Lipinski definition) is 4. The Balaban J connectivity index is 2.43. The van der Waals surface area contributed by atoms with E-state index < -0.39 is 0 Å². The maximum absolute atomic E-state index is 5.18. The highest BCUT2D eigenvalue weighted by Gasteiger charge is 2.05. The van der Waals surface area contributed by atoms with Crippen LogP contribution in [-0.2, 0) is 0 Å². The van der Waals surface area contributed by atoms with Crippen LogP contribution in [0.15, 0.2) is 23.7 Å². The summed E-state index contributed by atoms with van der Waals surface area (Å²) in [4.78, 5) is 0. The summed E-state index contributed by atoms with van der Waals surface area (Å²) in [6.45, 7) is 0. The zero-order chi connectivity index (χ0) is 9.97. The van der Waals surface area contributed by atoms with Crippen molar-refractivity contribution < 1.29 is 4.74 Å². The molecule has 0 fully saturated rings. The van der Waals surface area contributed by atoms with Crippen LogP contribution in [0.2, 0.25) is 0 Å². The number of nitrogens with zero attached hydrogens (tertiary/aromatic N) is 2. The Kier molecular flexibility index (Phi) is 2.97. The second-order valence-electron chi connectivity index (χ2n) is 2.59. The van der Waals surface area contributed by atoms with E-state index in [1.807, 2.05) is 18.2 Å². The molecular weight excluding hydrogens is 311 g/mol. The number of methoxy groups -OCH3 is 1. The van der Waals surface area contributed by atoms with Gasteiger partial charge in [-0.05, 0) is 40.8 Å². The van der Waals surface area contributed by atoms with Crippen LogP contribution in [0.25, 0.3) is 10.6 Å². The van der Waals surface area contributed by atoms with Crippen molar-refractivity contribution in [1.29, 1.82) is 0 Å². The summed E-state index contributed by atoms with van der Waals surface area (Å²) < 4.78 is 6.26. The van der Waals surface area contributed by atoms with Crippen LogP contribution in [0.5, 0.6) is 5.75 Å². The summed E-state index contributed by atoms with van der Waals surface area (Å²) in [5, 5.41) is 8.75. The summed E-state index contributed by atoms with van der Waals surface area (Å²) >= 11 is 3.77. The smallest absolute Gasteiger partial charge is 0.147 e. The molecule has 1 aromatic heterocycles. The molecule has 0 aliphatic heterocycles. The zero-order valence-electron chi connectivity index (χ0n) is 7.40. The summed E-state index contributed by atoms with van der Waals surface area (Å²) in [5.41, 5.74) is 2.81. The molecule has 0 saturated heterocycles. The first kappa shape index (κ1) is 9.85. The minimum Gasteiger partial charge on any atom is -0.496 e. The van der Waals surface area contributed by atoms with Crippen LogP contribution >= 0.6 is 33.9 Å². The van der Waals surface area contributed by atoms with Gasteiger partial charge in [-0.25, -0.2) is 0 Å². The standard InChI is InChI=1S/C9H7IN2OS/c1-13-8-3-2-6(4-7(8)10)9-12-11-5-14-9/h2-5H,1H3. The summed E-state index contributed by atoms with van der Waals surface area (Å²) in [7, 11) is 1.67. The van der Waals surface area contributed by atoms with Gasteiger partial charge in [0.1, 0.15) is 16.3 Å². The van der Waals surface area contributed by atoms with Crippen LogP contribution in [0, 0.1) is 3.57 Å². The van der Waals surface area contributed by atoms with Gasteiger partial charge in [-0.3, -0.25) is 0 Å². The fourth-order valence-electron chi connectivity index (χ4n) is 1.10. The Morgan fingerprint density at radius 3 is 2.86 bits per heavy atom. The number of halogens is 1. The predicted octanol–water partition coefficient (Wildman–Crippen LogP) is 2.82. The van der Waals surface area contributed by atoms with Crippen molar-refractivity contribution in [2.24, 2.45) is 0 Å². The van der Waals surface area contributed by atoms with E-state index in [1.165, 1.54) is 11.3 Å². The average Bonchev–Trinajstić information content (AvgIpc) is 2.70. The SMILES string of the molecule is COc1ccc(-c2nncs2)cc1I. The van der Waals surface area contributed by atoms with Gasteiger partial charge in [-0.1, -0.05) is 11.3 Å². The number of rotatable bonds is 2. The molecule has 5 heteroatoms. The van der Waals surface area contributed by atoms with E-state index in [-0.39, 0.29) is 0 Å². The van der Waals surface area contributed by atoms with Gasteiger partial charge in [-0.15, -0.1) is 10.2 Å². The van der Waals surface area contributed by atoms with Gasteiger partial charge in [0.15, 0.2) is 0 Å². The quantitative estimate of drug-likeness (QED) is 0.799. The van der Waals surface area contributed by atoms with Crippen molar-refractivity contribution in [3.05, 3.63) is 27.3 Å². The lowest BCUT2D eigenvalue weighted by atomic mass is 10.2. The van der Waals surface area contributed by atoms with Crippen LogP contribution in [0.4, 0.5) is 0 Å². The topological polar surface area (TPSA) is 35.0 Å². The van der Waals surface area contributed by atoms with Crippen LogP contribution in [0.3, 0.4) is 0 Å². The van der Waals surface area contributed by atoms with Gasteiger partial charge in [0.05, 0.1) is 10.7 Å². The molecule has 14 heavy (non-hydrogen) atoms. The number of ether oxygens (including phenoxy) is 1. The highest BCUT2D eigenvalue weighted by Crippen LogP contribution is 2.27. The van der Waals surface area contributed by atoms with E-state index in [1.54, 1.807) is 12.6 Å². The largest absolute Gasteiger partial charge is 0.496 e. The molecule has 0 amide bonds. The van der Waals surface area contributed by atoms with E-state index in [0.29, 0.717) is 0 Å². The van der Waals surface area contributed by atoms with Crippen molar-refractivity contribution in [3.63, 3.8) is 0 Å². The van der Waals surface area contributed by atoms with E-state index in [4.69, 9.17) is 4.74 Å². The lowest BCUT2D eigenvalue weighted by molar-refractivity contribution is 0.412. The highest BCUT2D eigenvalue weighted by molar-refractivity contribution is 14.1. The van der Waals surface area contributed by atoms with Gasteiger partial charge >= 0.3 is 0 Å². The van der Waals surface area contributed by atoms with Crippen LogP contribution < -0.4 is 4.74 Å². The Morgan fingerprint density at radius 2 is 2.29 bits per heavy atom. The molecule has 0 aliphatic carbocycles. The molecule has 0 radical (unpaired) electrons. The molecule has 2 rings (SSSR count). The van der Waals surface area contributed by atoms with E-state index in [0.717, 1.165) is 19.9 Å². The second-order valence-corrected chi connectivity index (χ2v) is 4.59. The highest BCUT2D eigenvalue weighted by atomic mass is 127. The molecule has 0 spiro atoms. The molecule has 0 bridgehead atoms. The summed E-state index contributed by atoms with van der Waals surface area (Å²) in [6, 6.07) is 5.97. The third-order valence-corrected chi connectivity index (χ3v) is 3.34. The van der Waals surface area contributed by atoms with Crippen molar-refractivity contribution in [2.75, 3.05) is 7.11 Å². The maximum atomic E-state index is 5.18. The number of aromatic nitrogens is 2. The minimum atomic E-state index is 0.888. The number of benzene rings is 1. The molecule has 1 heterocycles. The molecule has 0 N–H and O–H groups in total. The van der Waals surface area contributed by atoms with E-state index in [2.05, 4.69) is 32.8 Å². The first-order valence-corrected chi connectivity index (χ1v) is 5.87. The van der Waals surface area contributed by atoms with E-state index in [9.17, 15) is 0 Å². The fraction of sp³-hybridized carbons (Fsp3) is 0.111. The van der Waals surface area contributed by atoms with E-state index >= 15 is 0 Å². The van der Waals surface area contributed by atoms with Crippen molar-refractivity contribution in [3.8, 4) is 16.3 Å². The fourth-order valence-corrected chi connectivity index (χ4v) is 2.39. The first-order valence-electron chi connectivity index (χ1n) is 3.91. The average molecular weight is 318 g/mol. The molecule has 3 nitrogen and oxygen atoms in total. The third-order valence-electron chi connectivity index (χ3n) is 1.76. The summed E-state index contributed by atoms with van der Waals surface area (Å²) in [5.74, 6) is 0.888. The lowest BCUT2D eigenvalue weighted by Crippen LogP contribution is -1.87. The molecular formula is C9H7IN2OS. The molecule has 2 aromatic rings. The number of hydrogen-bond donors (Lipinski definition) is 0. The van der Waals surface area contributed by atoms with Crippen LogP contribution in [0.1, 0.15) is 0 Å². The Hall–Kier alpha value is -0.690. The van der Waals surface area contributed by atoms with Crippen LogP contribution in [-0.4, -0.2) is 17.3 Å². The summed E-state index contributed by atoms with van der Waals surface area (Å²) in [6.07, 6.45) is 0. The zero-order valence-corrected chi connectivity index (χ0v) is 10.4. The van der Waals surface area contributed by atoms with Gasteiger partial charge < -0.3 is 4.74 Å². The lowest BCUT2D eigenvalue weighted by Gasteiger charge is -2.03. The Bertz CT molecular complexity index is 430. The van der Waals surface area contributed by atoms with Gasteiger partial charge in [0, 0.05) is 5.56 Å². The second kappa shape index (κ2) is 4.22. The van der Waals surface area contributed by atoms with Gasteiger partial charge in [0.2, 0.25) is 0 Å². The Morgan fingerprint density at radius 1 is 1.43 bits per heavy atom. The molecule has 0 aliphatic rings. The van der Waals surface area contributed by atoms with Crippen molar-refractivity contribution in [1.82, 2.24) is 10.2 Å². The van der Waals surface area contributed by atoms with Gasteiger partial charge in [-0.2, -0.15) is 0 Å². The van der Waals surface area contributed by atoms with Crippen molar-refractivity contribution in [2.45, 2.75) is 0 Å². The van der Waals surface area contributed by atoms with Crippen molar-refractivity contribution >= 4 is 33.9 Å². The maximum Gasteiger partial charge on any atom is 0.147 e. The normalized spacial score (nSPS) is 10.1. The van der Waals surface area contributed by atoms with Gasteiger partial charge in [0.25, 0.3) is 0 Å². The molecule has 0 unspecified atom stereocenters. The molecule has 72 valence electrons. The third kappa shape index (κ3) is 1.88. The first-order chi connectivity index (χ1) is 6.81. The monoisotopic (exact) mass is 318 g/mol. The minimum absolute atomic E-state index is 0.888. The predicted molar refractivity (Wildman–Crippen MR) is 64.6 cm³/mol. The molecule has 0 atom stereocenters. The Labute approximate surface area is 99.3 Å².